The van der Waals surface area contributed by atoms with Gasteiger partial charge in [-0.05, 0) is 102 Å². The van der Waals surface area contributed by atoms with Crippen molar-refractivity contribution >= 4 is 71.6 Å². The molecule has 1 aliphatic heterocycles. The summed E-state index contributed by atoms with van der Waals surface area (Å²) in [6.45, 7) is 0.824. The average Bonchev–Trinajstić information content (AvgIpc) is 3.16. The number of fused-ring (bicyclic) bond motifs is 1. The topological polar surface area (TPSA) is 46.6 Å². The largest absolute Gasteiger partial charge is 0.487 e. The molecule has 0 unspecified atom stereocenters. The highest BCUT2D eigenvalue weighted by molar-refractivity contribution is 9.11. The fourth-order valence-electron chi connectivity index (χ4n) is 4.30. The highest BCUT2D eigenvalue weighted by Crippen LogP contribution is 2.38. The zero-order chi connectivity index (χ0) is 25.8. The lowest BCUT2D eigenvalue weighted by molar-refractivity contribution is -0.122. The Morgan fingerprint density at radius 3 is 2.35 bits per heavy atom. The molecule has 4 aromatic carbocycles. The third kappa shape index (κ3) is 6.00. The number of carbonyl (C=O) groups excluding carboxylic acids is 2. The molecule has 37 heavy (non-hydrogen) atoms. The monoisotopic (exact) mass is 635 g/mol. The Hall–Kier alpha value is -2.87. The second kappa shape index (κ2) is 11.7. The summed E-state index contributed by atoms with van der Waals surface area (Å²) >= 11 is 8.21. The second-order valence-corrected chi connectivity index (χ2v) is 11.4. The third-order valence-electron chi connectivity index (χ3n) is 6.13. The van der Waals surface area contributed by atoms with E-state index >= 15 is 0 Å². The van der Waals surface area contributed by atoms with E-state index in [-0.39, 0.29) is 11.1 Å². The van der Waals surface area contributed by atoms with Gasteiger partial charge in [-0.15, -0.1) is 0 Å². The van der Waals surface area contributed by atoms with Crippen molar-refractivity contribution in [2.24, 2.45) is 0 Å². The predicted molar refractivity (Wildman–Crippen MR) is 158 cm³/mol. The molecule has 0 bridgehead atoms. The maximum Gasteiger partial charge on any atom is 0.293 e. The molecule has 7 heteroatoms. The molecular weight excluding hydrogens is 614 g/mol. The number of hydrogen-bond acceptors (Lipinski definition) is 4. The van der Waals surface area contributed by atoms with E-state index in [4.69, 9.17) is 4.74 Å². The van der Waals surface area contributed by atoms with Crippen molar-refractivity contribution in [3.63, 3.8) is 0 Å². The standard InChI is InChI=1S/C30H23Br2NO3S/c31-25-16-21(17-26(32)28(25)36-19-23-13-6-12-22-11-4-5-14-24(22)23)18-27-29(34)33(30(35)37-27)15-7-10-20-8-2-1-3-9-20/h1-6,8-9,11-14,16-18H,7,10,15,19H2/b27-18+. The first kappa shape index (κ1) is 25.8. The summed E-state index contributed by atoms with van der Waals surface area (Å²) in [5.41, 5.74) is 3.09. The zero-order valence-electron chi connectivity index (χ0n) is 19.8. The number of imide groups is 1. The number of carbonyl (C=O) groups is 2. The lowest BCUT2D eigenvalue weighted by atomic mass is 10.1. The number of rotatable bonds is 8. The summed E-state index contributed by atoms with van der Waals surface area (Å²) in [6, 6.07) is 28.3. The van der Waals surface area contributed by atoms with E-state index in [0.29, 0.717) is 23.8 Å². The van der Waals surface area contributed by atoms with Crippen LogP contribution in [0.3, 0.4) is 0 Å². The molecule has 1 saturated heterocycles. The number of aryl methyl sites for hydroxylation is 1. The van der Waals surface area contributed by atoms with Crippen LogP contribution in [0.2, 0.25) is 0 Å². The highest BCUT2D eigenvalue weighted by Gasteiger charge is 2.34. The molecule has 0 spiro atoms. The van der Waals surface area contributed by atoms with E-state index in [0.717, 1.165) is 50.1 Å². The minimum Gasteiger partial charge on any atom is -0.487 e. The van der Waals surface area contributed by atoms with Crippen LogP contribution < -0.4 is 4.74 Å². The number of benzene rings is 4. The fourth-order valence-corrected chi connectivity index (χ4v) is 6.61. The van der Waals surface area contributed by atoms with Crippen molar-refractivity contribution in [2.45, 2.75) is 19.4 Å². The lowest BCUT2D eigenvalue weighted by Gasteiger charge is -2.13. The normalized spacial score (nSPS) is 14.6. The number of amides is 2. The molecule has 4 nitrogen and oxygen atoms in total. The van der Waals surface area contributed by atoms with E-state index in [2.05, 4.69) is 68.3 Å². The fraction of sp³-hybridized carbons (Fsp3) is 0.133. The van der Waals surface area contributed by atoms with Gasteiger partial charge in [-0.3, -0.25) is 14.5 Å². The number of thioether (sulfide) groups is 1. The van der Waals surface area contributed by atoms with Crippen LogP contribution in [0.1, 0.15) is 23.1 Å². The molecule has 5 rings (SSSR count). The van der Waals surface area contributed by atoms with Crippen LogP contribution in [-0.4, -0.2) is 22.6 Å². The van der Waals surface area contributed by atoms with Gasteiger partial charge in [-0.25, -0.2) is 0 Å². The Balaban J connectivity index is 1.26. The first-order valence-electron chi connectivity index (χ1n) is 11.9. The summed E-state index contributed by atoms with van der Waals surface area (Å²) < 4.78 is 7.69. The Labute approximate surface area is 237 Å². The first-order chi connectivity index (χ1) is 18.0. The minimum absolute atomic E-state index is 0.225. The van der Waals surface area contributed by atoms with Crippen LogP contribution >= 0.6 is 43.6 Å². The summed E-state index contributed by atoms with van der Waals surface area (Å²) in [7, 11) is 0. The average molecular weight is 637 g/mol. The van der Waals surface area contributed by atoms with Crippen LogP contribution in [0.5, 0.6) is 5.75 Å². The summed E-state index contributed by atoms with van der Waals surface area (Å²) in [5.74, 6) is 0.436. The molecule has 1 fully saturated rings. The molecule has 0 aliphatic carbocycles. The van der Waals surface area contributed by atoms with E-state index in [9.17, 15) is 9.59 Å². The van der Waals surface area contributed by atoms with Gasteiger partial charge in [0.25, 0.3) is 11.1 Å². The first-order valence-corrected chi connectivity index (χ1v) is 14.3. The van der Waals surface area contributed by atoms with Crippen molar-refractivity contribution in [3.8, 4) is 5.75 Å². The minimum atomic E-state index is -0.244. The Morgan fingerprint density at radius 2 is 1.57 bits per heavy atom. The Bertz CT molecular complexity index is 1480. The second-order valence-electron chi connectivity index (χ2n) is 8.66. The van der Waals surface area contributed by atoms with E-state index in [1.807, 2.05) is 48.5 Å². The summed E-state index contributed by atoms with van der Waals surface area (Å²) in [4.78, 5) is 27.2. The zero-order valence-corrected chi connectivity index (χ0v) is 23.8. The van der Waals surface area contributed by atoms with E-state index in [1.165, 1.54) is 15.8 Å². The number of nitrogens with zero attached hydrogens (tertiary/aromatic N) is 1. The van der Waals surface area contributed by atoms with Crippen LogP contribution in [0.4, 0.5) is 4.79 Å². The number of halogens is 2. The van der Waals surface area contributed by atoms with Crippen molar-refractivity contribution < 1.29 is 14.3 Å². The number of hydrogen-bond donors (Lipinski definition) is 0. The molecule has 0 N–H and O–H groups in total. The predicted octanol–water partition coefficient (Wildman–Crippen LogP) is 8.61. The molecule has 4 aromatic rings. The van der Waals surface area contributed by atoms with Gasteiger partial charge in [0.1, 0.15) is 12.4 Å². The molecule has 0 atom stereocenters. The molecule has 1 aliphatic rings. The van der Waals surface area contributed by atoms with Crippen LogP contribution in [0.25, 0.3) is 16.8 Å². The van der Waals surface area contributed by atoms with Gasteiger partial charge in [-0.1, -0.05) is 72.8 Å². The van der Waals surface area contributed by atoms with Gasteiger partial charge < -0.3 is 4.74 Å². The summed E-state index contributed by atoms with van der Waals surface area (Å²) in [6.07, 6.45) is 3.31. The van der Waals surface area contributed by atoms with Gasteiger partial charge in [-0.2, -0.15) is 0 Å². The van der Waals surface area contributed by atoms with Gasteiger partial charge in [0.15, 0.2) is 0 Å². The van der Waals surface area contributed by atoms with Crippen LogP contribution in [0, 0.1) is 0 Å². The number of ether oxygens (including phenoxy) is 1. The molecule has 1 heterocycles. The lowest BCUT2D eigenvalue weighted by Crippen LogP contribution is -2.29. The van der Waals surface area contributed by atoms with Gasteiger partial charge in [0.2, 0.25) is 0 Å². The Morgan fingerprint density at radius 1 is 0.865 bits per heavy atom. The Kier molecular flexibility index (Phi) is 8.13. The van der Waals surface area contributed by atoms with Crippen molar-refractivity contribution in [3.05, 3.63) is 115 Å². The molecule has 0 radical (unpaired) electrons. The SMILES string of the molecule is O=C1S/C(=C/c2cc(Br)c(OCc3cccc4ccccc34)c(Br)c2)C(=O)N1CCCc1ccccc1. The van der Waals surface area contributed by atoms with Crippen LogP contribution in [-0.2, 0) is 17.8 Å². The quantitative estimate of drug-likeness (QED) is 0.182. The van der Waals surface area contributed by atoms with Crippen LogP contribution in [0.15, 0.2) is 98.8 Å². The molecular formula is C30H23Br2NO3S. The van der Waals surface area contributed by atoms with Gasteiger partial charge >= 0.3 is 0 Å². The molecule has 186 valence electrons. The molecule has 2 amide bonds. The van der Waals surface area contributed by atoms with Gasteiger partial charge in [0, 0.05) is 6.54 Å². The van der Waals surface area contributed by atoms with Gasteiger partial charge in [0.05, 0.1) is 13.9 Å². The van der Waals surface area contributed by atoms with E-state index in [1.54, 1.807) is 6.08 Å². The van der Waals surface area contributed by atoms with Crippen molar-refractivity contribution in [1.82, 2.24) is 4.90 Å². The smallest absolute Gasteiger partial charge is 0.293 e. The van der Waals surface area contributed by atoms with Crippen molar-refractivity contribution in [2.75, 3.05) is 6.54 Å². The van der Waals surface area contributed by atoms with E-state index < -0.39 is 0 Å². The van der Waals surface area contributed by atoms with Crippen molar-refractivity contribution in [1.29, 1.82) is 0 Å². The maximum atomic E-state index is 12.9. The maximum absolute atomic E-state index is 12.9. The molecule has 0 saturated carbocycles. The molecule has 0 aromatic heterocycles. The third-order valence-corrected chi connectivity index (χ3v) is 8.22. The summed E-state index contributed by atoms with van der Waals surface area (Å²) in [5, 5.41) is 2.11. The highest BCUT2D eigenvalue weighted by atomic mass is 79.9.